The lowest BCUT2D eigenvalue weighted by Gasteiger charge is -2.26. The number of hydrogen-bond donors (Lipinski definition) is 2. The molecule has 7 heteroatoms. The molecule has 0 radical (unpaired) electrons. The minimum atomic E-state index is -1.09. The second kappa shape index (κ2) is 7.50. The minimum absolute atomic E-state index is 0.00350. The van der Waals surface area contributed by atoms with Crippen molar-refractivity contribution in [2.45, 2.75) is 31.6 Å². The molecule has 1 aromatic rings. The van der Waals surface area contributed by atoms with E-state index in [2.05, 4.69) is 5.32 Å². The molecule has 128 valence electrons. The maximum atomic E-state index is 13.5. The van der Waals surface area contributed by atoms with Gasteiger partial charge in [-0.15, -0.1) is 0 Å². The van der Waals surface area contributed by atoms with Crippen LogP contribution in [-0.2, 0) is 0 Å². The number of likely N-dealkylation sites (tertiary alicyclic amines) is 1. The average Bonchev–Trinajstić information content (AvgIpc) is 2.95. The quantitative estimate of drug-likeness (QED) is 0.867. The molecule has 23 heavy (non-hydrogen) atoms. The van der Waals surface area contributed by atoms with Crippen molar-refractivity contribution >= 4 is 6.03 Å². The molecule has 1 heterocycles. The molecule has 3 atom stereocenters. The molecule has 0 aromatic heterocycles. The number of nitrogens with zero attached hydrogens (tertiary/aromatic N) is 1. The Balaban J connectivity index is 2.09. The highest BCUT2D eigenvalue weighted by Gasteiger charge is 2.35. The number of aliphatic hydroxyl groups is 1. The fourth-order valence-electron chi connectivity index (χ4n) is 2.80. The first kappa shape index (κ1) is 17.3. The van der Waals surface area contributed by atoms with Crippen LogP contribution < -0.4 is 14.8 Å². The number of ether oxygens (including phenoxy) is 2. The molecule has 0 spiro atoms. The van der Waals surface area contributed by atoms with E-state index in [4.69, 9.17) is 9.47 Å². The van der Waals surface area contributed by atoms with Crippen LogP contribution in [0.15, 0.2) is 18.2 Å². The maximum Gasteiger partial charge on any atom is 0.318 e. The SMILES string of the molecule is COc1ccc([C@H](C)NC(=O)N2CC(F)CC2CO)c(OC)c1. The van der Waals surface area contributed by atoms with E-state index in [1.165, 1.54) is 4.90 Å². The van der Waals surface area contributed by atoms with Gasteiger partial charge in [-0.2, -0.15) is 0 Å². The van der Waals surface area contributed by atoms with E-state index in [1.807, 2.05) is 13.0 Å². The van der Waals surface area contributed by atoms with Crippen LogP contribution in [0.5, 0.6) is 11.5 Å². The predicted molar refractivity (Wildman–Crippen MR) is 83.6 cm³/mol. The van der Waals surface area contributed by atoms with Gasteiger partial charge in [0.1, 0.15) is 17.7 Å². The van der Waals surface area contributed by atoms with Crippen LogP contribution in [0.1, 0.15) is 24.9 Å². The number of nitrogens with one attached hydrogen (secondary N) is 1. The summed E-state index contributed by atoms with van der Waals surface area (Å²) in [5.74, 6) is 1.25. The van der Waals surface area contributed by atoms with Crippen LogP contribution in [0.4, 0.5) is 9.18 Å². The molecule has 2 rings (SSSR count). The zero-order chi connectivity index (χ0) is 17.0. The van der Waals surface area contributed by atoms with Crippen molar-refractivity contribution in [1.29, 1.82) is 0 Å². The van der Waals surface area contributed by atoms with Gasteiger partial charge in [0.2, 0.25) is 0 Å². The molecular weight excluding hydrogens is 303 g/mol. The molecule has 6 nitrogen and oxygen atoms in total. The standard InChI is InChI=1S/C16H23FN2O4/c1-10(14-5-4-13(22-2)7-15(14)23-3)18-16(21)19-8-11(17)6-12(19)9-20/h4-5,7,10-12,20H,6,8-9H2,1-3H3,(H,18,21)/t10-,11?,12?/m0/s1. The van der Waals surface area contributed by atoms with Crippen molar-refractivity contribution in [2.75, 3.05) is 27.4 Å². The van der Waals surface area contributed by atoms with E-state index in [9.17, 15) is 14.3 Å². The Hall–Kier alpha value is -2.02. The van der Waals surface area contributed by atoms with Gasteiger partial charge in [-0.1, -0.05) is 0 Å². The highest BCUT2D eigenvalue weighted by molar-refractivity contribution is 5.75. The number of halogens is 1. The zero-order valence-corrected chi connectivity index (χ0v) is 13.6. The van der Waals surface area contributed by atoms with Crippen molar-refractivity contribution in [3.63, 3.8) is 0 Å². The molecule has 2 amide bonds. The third-order valence-corrected chi connectivity index (χ3v) is 4.08. The predicted octanol–water partition coefficient (Wildman–Crippen LogP) is 1.88. The number of carbonyl (C=O) groups excluding carboxylic acids is 1. The van der Waals surface area contributed by atoms with Crippen LogP contribution in [0.3, 0.4) is 0 Å². The fraction of sp³-hybridized carbons (Fsp3) is 0.562. The summed E-state index contributed by atoms with van der Waals surface area (Å²) in [6, 6.07) is 4.13. The molecule has 0 saturated carbocycles. The number of aliphatic hydroxyl groups excluding tert-OH is 1. The van der Waals surface area contributed by atoms with Gasteiger partial charge in [-0.05, 0) is 19.1 Å². The Bertz CT molecular complexity index is 555. The fourth-order valence-corrected chi connectivity index (χ4v) is 2.80. The Kier molecular flexibility index (Phi) is 5.65. The lowest BCUT2D eigenvalue weighted by atomic mass is 10.1. The molecule has 0 aliphatic carbocycles. The summed E-state index contributed by atoms with van der Waals surface area (Å²) in [6.45, 7) is 1.58. The van der Waals surface area contributed by atoms with Gasteiger partial charge in [-0.25, -0.2) is 9.18 Å². The summed E-state index contributed by atoms with van der Waals surface area (Å²) in [4.78, 5) is 13.7. The summed E-state index contributed by atoms with van der Waals surface area (Å²) in [6.07, 6.45) is -0.923. The molecular formula is C16H23FN2O4. The number of hydrogen-bond acceptors (Lipinski definition) is 4. The Labute approximate surface area is 135 Å². The Morgan fingerprint density at radius 2 is 2.22 bits per heavy atom. The monoisotopic (exact) mass is 326 g/mol. The number of methoxy groups -OCH3 is 2. The third-order valence-electron chi connectivity index (χ3n) is 4.08. The van der Waals surface area contributed by atoms with Gasteiger partial charge in [0.15, 0.2) is 0 Å². The summed E-state index contributed by atoms with van der Waals surface area (Å²) in [7, 11) is 3.11. The van der Waals surface area contributed by atoms with Crippen molar-refractivity contribution < 1.29 is 23.8 Å². The molecule has 1 saturated heterocycles. The smallest absolute Gasteiger partial charge is 0.318 e. The molecule has 1 aliphatic rings. The van der Waals surface area contributed by atoms with Crippen LogP contribution >= 0.6 is 0 Å². The molecule has 1 fully saturated rings. The Morgan fingerprint density at radius 3 is 2.83 bits per heavy atom. The van der Waals surface area contributed by atoms with Gasteiger partial charge in [0.05, 0.1) is 39.5 Å². The van der Waals surface area contributed by atoms with Crippen molar-refractivity contribution in [2.24, 2.45) is 0 Å². The number of alkyl halides is 1. The van der Waals surface area contributed by atoms with Crippen LogP contribution in [0, 0.1) is 0 Å². The number of benzene rings is 1. The van der Waals surface area contributed by atoms with Crippen molar-refractivity contribution in [3.05, 3.63) is 23.8 Å². The lowest BCUT2D eigenvalue weighted by Crippen LogP contribution is -2.45. The van der Waals surface area contributed by atoms with Gasteiger partial charge < -0.3 is 24.8 Å². The number of rotatable bonds is 5. The first-order valence-electron chi connectivity index (χ1n) is 7.54. The number of amides is 2. The first-order chi connectivity index (χ1) is 11.0. The maximum absolute atomic E-state index is 13.5. The van der Waals surface area contributed by atoms with Gasteiger partial charge in [0, 0.05) is 18.1 Å². The second-order valence-electron chi connectivity index (χ2n) is 5.60. The van der Waals surface area contributed by atoms with E-state index in [-0.39, 0.29) is 25.6 Å². The highest BCUT2D eigenvalue weighted by atomic mass is 19.1. The zero-order valence-electron chi connectivity index (χ0n) is 13.6. The van der Waals surface area contributed by atoms with Crippen LogP contribution in [0.2, 0.25) is 0 Å². The number of carbonyl (C=O) groups is 1. The first-order valence-corrected chi connectivity index (χ1v) is 7.54. The Morgan fingerprint density at radius 1 is 1.48 bits per heavy atom. The minimum Gasteiger partial charge on any atom is -0.497 e. The van der Waals surface area contributed by atoms with E-state index < -0.39 is 18.2 Å². The van der Waals surface area contributed by atoms with Gasteiger partial charge >= 0.3 is 6.03 Å². The molecule has 1 aromatic carbocycles. The summed E-state index contributed by atoms with van der Waals surface area (Å²) in [5.41, 5.74) is 0.790. The molecule has 0 bridgehead atoms. The molecule has 1 aliphatic heterocycles. The van der Waals surface area contributed by atoms with Crippen molar-refractivity contribution in [1.82, 2.24) is 10.2 Å². The number of urea groups is 1. The van der Waals surface area contributed by atoms with Crippen molar-refractivity contribution in [3.8, 4) is 11.5 Å². The highest BCUT2D eigenvalue weighted by Crippen LogP contribution is 2.30. The summed E-state index contributed by atoms with van der Waals surface area (Å²) >= 11 is 0. The van der Waals surface area contributed by atoms with E-state index >= 15 is 0 Å². The van der Waals surface area contributed by atoms with Gasteiger partial charge in [0.25, 0.3) is 0 Å². The van der Waals surface area contributed by atoms with Crippen LogP contribution in [0.25, 0.3) is 0 Å². The van der Waals surface area contributed by atoms with E-state index in [1.54, 1.807) is 26.4 Å². The normalized spacial score (nSPS) is 21.9. The summed E-state index contributed by atoms with van der Waals surface area (Å²) in [5, 5.41) is 12.1. The van der Waals surface area contributed by atoms with Gasteiger partial charge in [-0.3, -0.25) is 0 Å². The topological polar surface area (TPSA) is 71.0 Å². The molecule has 2 unspecified atom stereocenters. The van der Waals surface area contributed by atoms with Crippen LogP contribution in [-0.4, -0.2) is 55.6 Å². The van der Waals surface area contributed by atoms with E-state index in [0.717, 1.165) is 5.56 Å². The summed E-state index contributed by atoms with van der Waals surface area (Å²) < 4.78 is 23.9. The lowest BCUT2D eigenvalue weighted by molar-refractivity contribution is 0.154. The average molecular weight is 326 g/mol. The largest absolute Gasteiger partial charge is 0.497 e. The third kappa shape index (κ3) is 3.85. The molecule has 2 N–H and O–H groups in total. The van der Waals surface area contributed by atoms with E-state index in [0.29, 0.717) is 11.5 Å². The second-order valence-corrected chi connectivity index (χ2v) is 5.60.